The Hall–Kier alpha value is -3.42. The summed E-state index contributed by atoms with van der Waals surface area (Å²) in [5.41, 5.74) is 3.80. The summed E-state index contributed by atoms with van der Waals surface area (Å²) in [6.07, 6.45) is 3.35. The predicted octanol–water partition coefficient (Wildman–Crippen LogP) is 1.86. The number of amides is 3. The van der Waals surface area contributed by atoms with Crippen molar-refractivity contribution in [1.82, 2.24) is 19.8 Å². The number of hydrogen-bond acceptors (Lipinski definition) is 5. The minimum Gasteiger partial charge on any atom is -0.468 e. The van der Waals surface area contributed by atoms with Gasteiger partial charge >= 0.3 is 12.0 Å². The second kappa shape index (κ2) is 7.06. The summed E-state index contributed by atoms with van der Waals surface area (Å²) in [6, 6.07) is 5.15. The molecule has 3 heterocycles. The van der Waals surface area contributed by atoms with E-state index in [-0.39, 0.29) is 5.70 Å². The number of ether oxygens (including phenoxy) is 1. The van der Waals surface area contributed by atoms with Crippen LogP contribution in [0.2, 0.25) is 0 Å². The van der Waals surface area contributed by atoms with Gasteiger partial charge in [-0.2, -0.15) is 0 Å². The average molecular weight is 368 g/mol. The summed E-state index contributed by atoms with van der Waals surface area (Å²) in [5.74, 6) is -0.448. The van der Waals surface area contributed by atoms with Gasteiger partial charge in [0.2, 0.25) is 0 Å². The SMILES string of the molecule is COC(=O)CN1C(=O)N/C(=C/c2cc(C)n(-c3cc(C)ccn3)c2C)C1=O. The third-order valence-electron chi connectivity index (χ3n) is 4.38. The Morgan fingerprint density at radius 3 is 2.67 bits per heavy atom. The van der Waals surface area contributed by atoms with Crippen LogP contribution in [0.5, 0.6) is 0 Å². The highest BCUT2D eigenvalue weighted by molar-refractivity contribution is 6.15. The fourth-order valence-electron chi connectivity index (χ4n) is 2.99. The number of nitrogens with zero attached hydrogens (tertiary/aromatic N) is 3. The summed E-state index contributed by atoms with van der Waals surface area (Å²) in [7, 11) is 1.20. The maximum Gasteiger partial charge on any atom is 0.329 e. The van der Waals surface area contributed by atoms with Gasteiger partial charge in [0.25, 0.3) is 5.91 Å². The Morgan fingerprint density at radius 2 is 2.00 bits per heavy atom. The lowest BCUT2D eigenvalue weighted by Crippen LogP contribution is -2.36. The molecular formula is C19H20N4O4. The van der Waals surface area contributed by atoms with Crippen LogP contribution >= 0.6 is 0 Å². The van der Waals surface area contributed by atoms with Crippen molar-refractivity contribution in [2.24, 2.45) is 0 Å². The summed E-state index contributed by atoms with van der Waals surface area (Å²) in [6.45, 7) is 5.42. The molecule has 0 bridgehead atoms. The molecule has 27 heavy (non-hydrogen) atoms. The summed E-state index contributed by atoms with van der Waals surface area (Å²) in [5, 5.41) is 2.50. The quantitative estimate of drug-likeness (QED) is 0.505. The number of methoxy groups -OCH3 is 1. The number of imide groups is 1. The minimum absolute atomic E-state index is 0.112. The zero-order valence-electron chi connectivity index (χ0n) is 15.6. The number of pyridine rings is 1. The number of hydrogen-bond donors (Lipinski definition) is 1. The zero-order chi connectivity index (χ0) is 19.7. The van der Waals surface area contributed by atoms with E-state index in [0.717, 1.165) is 33.2 Å². The number of carbonyl (C=O) groups is 3. The first-order valence-corrected chi connectivity index (χ1v) is 8.35. The molecule has 0 aliphatic carbocycles. The van der Waals surface area contributed by atoms with E-state index in [9.17, 15) is 14.4 Å². The van der Waals surface area contributed by atoms with Crippen LogP contribution in [-0.2, 0) is 14.3 Å². The van der Waals surface area contributed by atoms with Crippen LogP contribution < -0.4 is 5.32 Å². The first-order valence-electron chi connectivity index (χ1n) is 8.35. The Labute approximate surface area is 156 Å². The van der Waals surface area contributed by atoms with Gasteiger partial charge < -0.3 is 14.6 Å². The van der Waals surface area contributed by atoms with Crippen molar-refractivity contribution < 1.29 is 19.1 Å². The van der Waals surface area contributed by atoms with E-state index in [0.29, 0.717) is 0 Å². The second-order valence-electron chi connectivity index (χ2n) is 6.31. The number of carbonyl (C=O) groups excluding carboxylic acids is 3. The maximum absolute atomic E-state index is 12.4. The molecule has 3 amide bonds. The molecule has 0 radical (unpaired) electrons. The number of aryl methyl sites for hydroxylation is 2. The largest absolute Gasteiger partial charge is 0.468 e. The summed E-state index contributed by atoms with van der Waals surface area (Å²) < 4.78 is 6.50. The molecule has 2 aromatic heterocycles. The molecule has 8 heteroatoms. The van der Waals surface area contributed by atoms with Gasteiger partial charge in [-0.3, -0.25) is 9.59 Å². The molecule has 1 fully saturated rings. The lowest BCUT2D eigenvalue weighted by atomic mass is 10.2. The minimum atomic E-state index is -0.663. The first kappa shape index (κ1) is 18.4. The third kappa shape index (κ3) is 3.46. The zero-order valence-corrected chi connectivity index (χ0v) is 15.6. The molecule has 0 spiro atoms. The van der Waals surface area contributed by atoms with E-state index >= 15 is 0 Å². The van der Waals surface area contributed by atoms with Crippen molar-refractivity contribution in [3.63, 3.8) is 0 Å². The van der Waals surface area contributed by atoms with Crippen LogP contribution in [0.1, 0.15) is 22.5 Å². The van der Waals surface area contributed by atoms with Gasteiger partial charge in [-0.15, -0.1) is 0 Å². The van der Waals surface area contributed by atoms with E-state index < -0.39 is 24.5 Å². The Balaban J connectivity index is 1.94. The van der Waals surface area contributed by atoms with Gasteiger partial charge in [-0.25, -0.2) is 14.7 Å². The Morgan fingerprint density at radius 1 is 1.26 bits per heavy atom. The fraction of sp³-hybridized carbons (Fsp3) is 0.263. The molecule has 1 aliphatic heterocycles. The highest BCUT2D eigenvalue weighted by Gasteiger charge is 2.35. The first-order chi connectivity index (χ1) is 12.8. The van der Waals surface area contributed by atoms with Gasteiger partial charge in [0.05, 0.1) is 7.11 Å². The lowest BCUT2D eigenvalue weighted by Gasteiger charge is -2.09. The predicted molar refractivity (Wildman–Crippen MR) is 98.0 cm³/mol. The highest BCUT2D eigenvalue weighted by Crippen LogP contribution is 2.23. The Kier molecular flexibility index (Phi) is 4.81. The fourth-order valence-corrected chi connectivity index (χ4v) is 2.99. The van der Waals surface area contributed by atoms with E-state index in [1.807, 2.05) is 43.5 Å². The van der Waals surface area contributed by atoms with Gasteiger partial charge in [-0.05, 0) is 56.2 Å². The average Bonchev–Trinajstić information content (AvgIpc) is 3.05. The van der Waals surface area contributed by atoms with Crippen LogP contribution in [-0.4, -0.2) is 46.0 Å². The van der Waals surface area contributed by atoms with Crippen molar-refractivity contribution in [2.45, 2.75) is 20.8 Å². The number of aromatic nitrogens is 2. The van der Waals surface area contributed by atoms with E-state index in [1.54, 1.807) is 12.3 Å². The smallest absolute Gasteiger partial charge is 0.329 e. The van der Waals surface area contributed by atoms with Gasteiger partial charge in [0, 0.05) is 17.6 Å². The molecule has 3 rings (SSSR count). The molecule has 1 N–H and O–H groups in total. The van der Waals surface area contributed by atoms with Crippen molar-refractivity contribution in [3.8, 4) is 5.82 Å². The molecule has 140 valence electrons. The van der Waals surface area contributed by atoms with Gasteiger partial charge in [0.1, 0.15) is 18.1 Å². The highest BCUT2D eigenvalue weighted by atomic mass is 16.5. The topological polar surface area (TPSA) is 93.5 Å². The van der Waals surface area contributed by atoms with Crippen LogP contribution in [0.4, 0.5) is 4.79 Å². The number of nitrogens with one attached hydrogen (secondary N) is 1. The maximum atomic E-state index is 12.4. The second-order valence-corrected chi connectivity index (χ2v) is 6.31. The molecular weight excluding hydrogens is 348 g/mol. The van der Waals surface area contributed by atoms with Gasteiger partial charge in [0.15, 0.2) is 0 Å². The lowest BCUT2D eigenvalue weighted by molar-refractivity contribution is -0.143. The molecule has 0 saturated carbocycles. The van der Waals surface area contributed by atoms with E-state index in [2.05, 4.69) is 15.0 Å². The van der Waals surface area contributed by atoms with Crippen LogP contribution in [0.15, 0.2) is 30.1 Å². The summed E-state index contributed by atoms with van der Waals surface area (Å²) in [4.78, 5) is 41.0. The molecule has 0 unspecified atom stereocenters. The van der Waals surface area contributed by atoms with E-state index in [1.165, 1.54) is 7.11 Å². The molecule has 8 nitrogen and oxygen atoms in total. The number of rotatable bonds is 4. The molecule has 2 aromatic rings. The van der Waals surface area contributed by atoms with Crippen LogP contribution in [0.25, 0.3) is 11.9 Å². The Bertz CT molecular complexity index is 974. The van der Waals surface area contributed by atoms with Gasteiger partial charge in [-0.1, -0.05) is 0 Å². The van der Waals surface area contributed by atoms with Crippen molar-refractivity contribution >= 4 is 24.0 Å². The van der Waals surface area contributed by atoms with Crippen molar-refractivity contribution in [2.75, 3.05) is 13.7 Å². The normalized spacial score (nSPS) is 15.4. The molecule has 0 aromatic carbocycles. The summed E-state index contributed by atoms with van der Waals surface area (Å²) >= 11 is 0. The monoisotopic (exact) mass is 368 g/mol. The molecule has 0 atom stereocenters. The standard InChI is InChI=1S/C19H20N4O4/c1-11-5-6-20-16(7-11)23-12(2)8-14(13(23)3)9-15-18(25)22(19(26)21-15)10-17(24)27-4/h5-9H,10H2,1-4H3,(H,21,26)/b15-9+. The van der Waals surface area contributed by atoms with E-state index in [4.69, 9.17) is 0 Å². The molecule has 1 saturated heterocycles. The van der Waals surface area contributed by atoms with Crippen LogP contribution in [0, 0.1) is 20.8 Å². The van der Waals surface area contributed by atoms with Crippen molar-refractivity contribution in [3.05, 3.63) is 52.6 Å². The number of esters is 1. The molecule has 1 aliphatic rings. The van der Waals surface area contributed by atoms with Crippen LogP contribution in [0.3, 0.4) is 0 Å². The third-order valence-corrected chi connectivity index (χ3v) is 4.38. The number of urea groups is 1. The van der Waals surface area contributed by atoms with Crippen molar-refractivity contribution in [1.29, 1.82) is 0 Å².